The van der Waals surface area contributed by atoms with Crippen molar-refractivity contribution in [1.82, 2.24) is 15.2 Å². The third-order valence-electron chi connectivity index (χ3n) is 2.59. The molecule has 0 bridgehead atoms. The van der Waals surface area contributed by atoms with E-state index in [-0.39, 0.29) is 5.56 Å². The van der Waals surface area contributed by atoms with Crippen LogP contribution in [0, 0.1) is 20.8 Å². The molecule has 5 nitrogen and oxygen atoms in total. The molecule has 1 aromatic heterocycles. The van der Waals surface area contributed by atoms with E-state index in [2.05, 4.69) is 20.5 Å². The lowest BCUT2D eigenvalue weighted by Gasteiger charge is -2.10. The van der Waals surface area contributed by atoms with Gasteiger partial charge in [-0.1, -0.05) is 18.2 Å². The van der Waals surface area contributed by atoms with E-state index in [1.165, 1.54) is 0 Å². The van der Waals surface area contributed by atoms with Gasteiger partial charge in [0.2, 0.25) is 5.95 Å². The molecule has 0 atom stereocenters. The molecule has 0 radical (unpaired) electrons. The Hall–Kier alpha value is -2.17. The molecule has 0 unspecified atom stereocenters. The first-order chi connectivity index (χ1) is 8.08. The average molecular weight is 230 g/mol. The van der Waals surface area contributed by atoms with Crippen molar-refractivity contribution in [2.45, 2.75) is 20.8 Å². The van der Waals surface area contributed by atoms with Gasteiger partial charge in [0.05, 0.1) is 0 Å². The molecule has 0 saturated carbocycles. The summed E-state index contributed by atoms with van der Waals surface area (Å²) in [7, 11) is 0. The van der Waals surface area contributed by atoms with Gasteiger partial charge >= 0.3 is 0 Å². The predicted octanol–water partition coefficient (Wildman–Crippen LogP) is 1.83. The zero-order chi connectivity index (χ0) is 12.4. The molecule has 2 aromatic rings. The van der Waals surface area contributed by atoms with Crippen LogP contribution >= 0.6 is 0 Å². The van der Waals surface area contributed by atoms with Crippen LogP contribution in [0.15, 0.2) is 23.0 Å². The van der Waals surface area contributed by atoms with Gasteiger partial charge in [0, 0.05) is 5.69 Å². The summed E-state index contributed by atoms with van der Waals surface area (Å²) in [4.78, 5) is 14.0. The largest absolute Gasteiger partial charge is 0.324 e. The fraction of sp³-hybridized carbons (Fsp3) is 0.250. The SMILES string of the molecule is Cc1cccc(C)c1Nc1nnc(C)c(=O)[nH]1. The number of H-pyrrole nitrogens is 1. The molecule has 0 spiro atoms. The van der Waals surface area contributed by atoms with Gasteiger partial charge in [0.15, 0.2) is 0 Å². The molecule has 0 fully saturated rings. The second kappa shape index (κ2) is 4.37. The van der Waals surface area contributed by atoms with Crippen LogP contribution in [0.5, 0.6) is 0 Å². The Labute approximate surface area is 98.9 Å². The summed E-state index contributed by atoms with van der Waals surface area (Å²) < 4.78 is 0. The van der Waals surface area contributed by atoms with Crippen LogP contribution in [0.4, 0.5) is 11.6 Å². The smallest absolute Gasteiger partial charge is 0.273 e. The number of anilines is 2. The summed E-state index contributed by atoms with van der Waals surface area (Å²) in [6, 6.07) is 5.98. The number of hydrogen-bond acceptors (Lipinski definition) is 4. The van der Waals surface area contributed by atoms with E-state index in [1.54, 1.807) is 6.92 Å². The first-order valence-electron chi connectivity index (χ1n) is 5.35. The zero-order valence-electron chi connectivity index (χ0n) is 10.0. The maximum Gasteiger partial charge on any atom is 0.273 e. The van der Waals surface area contributed by atoms with Gasteiger partial charge in [0.1, 0.15) is 5.69 Å². The second-order valence-corrected chi connectivity index (χ2v) is 3.98. The lowest BCUT2D eigenvalue weighted by atomic mass is 10.1. The van der Waals surface area contributed by atoms with E-state index in [9.17, 15) is 4.79 Å². The van der Waals surface area contributed by atoms with Crippen molar-refractivity contribution in [1.29, 1.82) is 0 Å². The summed E-state index contributed by atoms with van der Waals surface area (Å²) in [6.07, 6.45) is 0. The highest BCUT2D eigenvalue weighted by Gasteiger charge is 2.05. The zero-order valence-corrected chi connectivity index (χ0v) is 10.0. The van der Waals surface area contributed by atoms with E-state index in [1.807, 2.05) is 32.0 Å². The van der Waals surface area contributed by atoms with Gasteiger partial charge in [-0.15, -0.1) is 10.2 Å². The summed E-state index contributed by atoms with van der Waals surface area (Å²) >= 11 is 0. The predicted molar refractivity (Wildman–Crippen MR) is 66.6 cm³/mol. The van der Waals surface area contributed by atoms with Gasteiger partial charge in [-0.3, -0.25) is 9.78 Å². The Kier molecular flexibility index (Phi) is 2.91. The van der Waals surface area contributed by atoms with E-state index < -0.39 is 0 Å². The van der Waals surface area contributed by atoms with Crippen molar-refractivity contribution >= 4 is 11.6 Å². The lowest BCUT2D eigenvalue weighted by Crippen LogP contribution is -2.16. The van der Waals surface area contributed by atoms with Crippen LogP contribution in [-0.4, -0.2) is 15.2 Å². The minimum Gasteiger partial charge on any atom is -0.324 e. The number of aromatic nitrogens is 3. The highest BCUT2D eigenvalue weighted by Crippen LogP contribution is 2.21. The highest BCUT2D eigenvalue weighted by molar-refractivity contribution is 5.62. The number of benzene rings is 1. The fourth-order valence-corrected chi connectivity index (χ4v) is 1.58. The number of aryl methyl sites for hydroxylation is 3. The van der Waals surface area contributed by atoms with Crippen LogP contribution in [0.1, 0.15) is 16.8 Å². The molecule has 2 rings (SSSR count). The molecule has 0 aliphatic heterocycles. The monoisotopic (exact) mass is 230 g/mol. The van der Waals surface area contributed by atoms with Crippen molar-refractivity contribution in [3.05, 3.63) is 45.4 Å². The van der Waals surface area contributed by atoms with E-state index >= 15 is 0 Å². The Morgan fingerprint density at radius 2 is 1.76 bits per heavy atom. The van der Waals surface area contributed by atoms with Crippen LogP contribution in [-0.2, 0) is 0 Å². The number of aromatic amines is 1. The minimum absolute atomic E-state index is 0.228. The molecule has 88 valence electrons. The average Bonchev–Trinajstić information content (AvgIpc) is 2.28. The van der Waals surface area contributed by atoms with Crippen molar-refractivity contribution in [2.24, 2.45) is 0 Å². The Morgan fingerprint density at radius 1 is 1.12 bits per heavy atom. The Bertz CT molecular complexity index is 583. The Balaban J connectivity index is 2.38. The van der Waals surface area contributed by atoms with Gasteiger partial charge in [0.25, 0.3) is 5.56 Å². The van der Waals surface area contributed by atoms with Crippen LogP contribution in [0.2, 0.25) is 0 Å². The summed E-state index contributed by atoms with van der Waals surface area (Å²) in [6.45, 7) is 5.61. The van der Waals surface area contributed by atoms with E-state index in [0.717, 1.165) is 16.8 Å². The van der Waals surface area contributed by atoms with E-state index in [0.29, 0.717) is 11.6 Å². The van der Waals surface area contributed by atoms with Crippen LogP contribution < -0.4 is 10.9 Å². The molecule has 1 aromatic carbocycles. The number of hydrogen-bond donors (Lipinski definition) is 2. The molecular weight excluding hydrogens is 216 g/mol. The highest BCUT2D eigenvalue weighted by atomic mass is 16.1. The van der Waals surface area contributed by atoms with Crippen molar-refractivity contribution in [3.63, 3.8) is 0 Å². The third kappa shape index (κ3) is 2.33. The van der Waals surface area contributed by atoms with Gasteiger partial charge in [-0.2, -0.15) is 0 Å². The van der Waals surface area contributed by atoms with Crippen LogP contribution in [0.3, 0.4) is 0 Å². The minimum atomic E-state index is -0.228. The number of nitrogens with zero attached hydrogens (tertiary/aromatic N) is 2. The summed E-state index contributed by atoms with van der Waals surface area (Å²) in [5, 5.41) is 10.8. The molecule has 1 heterocycles. The maximum atomic E-state index is 11.4. The van der Waals surface area contributed by atoms with Crippen molar-refractivity contribution in [3.8, 4) is 0 Å². The number of rotatable bonds is 2. The Morgan fingerprint density at radius 3 is 2.35 bits per heavy atom. The second-order valence-electron chi connectivity index (χ2n) is 3.98. The first-order valence-corrected chi connectivity index (χ1v) is 5.35. The number of nitrogens with one attached hydrogen (secondary N) is 2. The summed E-state index contributed by atoms with van der Waals surface area (Å²) in [5.41, 5.74) is 3.26. The molecule has 0 saturated heterocycles. The molecule has 0 amide bonds. The standard InChI is InChI=1S/C12H14N4O/c1-7-5-4-6-8(2)10(7)13-12-14-11(17)9(3)15-16-12/h4-6H,1-3H3,(H2,13,14,16,17). The maximum absolute atomic E-state index is 11.4. The van der Waals surface area contributed by atoms with E-state index in [4.69, 9.17) is 0 Å². The quantitative estimate of drug-likeness (QED) is 0.825. The van der Waals surface area contributed by atoms with Crippen molar-refractivity contribution < 1.29 is 0 Å². The molecule has 5 heteroatoms. The molecule has 0 aliphatic rings. The molecule has 2 N–H and O–H groups in total. The molecule has 0 aliphatic carbocycles. The van der Waals surface area contributed by atoms with Gasteiger partial charge in [-0.05, 0) is 31.9 Å². The fourth-order valence-electron chi connectivity index (χ4n) is 1.58. The van der Waals surface area contributed by atoms with Crippen LogP contribution in [0.25, 0.3) is 0 Å². The summed E-state index contributed by atoms with van der Waals surface area (Å²) in [5.74, 6) is 0.359. The topological polar surface area (TPSA) is 70.7 Å². The number of para-hydroxylation sites is 1. The van der Waals surface area contributed by atoms with Gasteiger partial charge in [-0.25, -0.2) is 0 Å². The van der Waals surface area contributed by atoms with Crippen molar-refractivity contribution in [2.75, 3.05) is 5.32 Å². The lowest BCUT2D eigenvalue weighted by molar-refractivity contribution is 0.907. The molecule has 17 heavy (non-hydrogen) atoms. The third-order valence-corrected chi connectivity index (χ3v) is 2.59. The normalized spacial score (nSPS) is 10.3. The first kappa shape index (κ1) is 11.3. The van der Waals surface area contributed by atoms with Gasteiger partial charge < -0.3 is 5.32 Å². The molecular formula is C12H14N4O.